The first kappa shape index (κ1) is 14.2. The summed E-state index contributed by atoms with van der Waals surface area (Å²) in [6.45, 7) is 0. The standard InChI is InChI=1S/C15H12N4O2S/c20-13(8-14(21)15-16-10-17-18-15)11-6-7-19(9-11)22-12-4-2-1-3-5-12/h1-10,21H,(H,16,17,18). The Morgan fingerprint density at radius 3 is 2.82 bits per heavy atom. The average Bonchev–Trinajstić information content (AvgIpc) is 3.19. The summed E-state index contributed by atoms with van der Waals surface area (Å²) in [6, 6.07) is 11.5. The van der Waals surface area contributed by atoms with Crippen molar-refractivity contribution in [3.05, 3.63) is 72.6 Å². The topological polar surface area (TPSA) is 83.8 Å². The molecule has 7 heteroatoms. The Labute approximate surface area is 130 Å². The van der Waals surface area contributed by atoms with Crippen LogP contribution in [0.5, 0.6) is 0 Å². The van der Waals surface area contributed by atoms with E-state index in [0.717, 1.165) is 11.0 Å². The number of hydrogen-bond donors (Lipinski definition) is 2. The van der Waals surface area contributed by atoms with Crippen molar-refractivity contribution in [3.63, 3.8) is 0 Å². The van der Waals surface area contributed by atoms with Gasteiger partial charge in [-0.25, -0.2) is 4.98 Å². The lowest BCUT2D eigenvalue weighted by Crippen LogP contribution is -1.96. The molecule has 0 amide bonds. The van der Waals surface area contributed by atoms with Gasteiger partial charge >= 0.3 is 0 Å². The Morgan fingerprint density at radius 1 is 1.27 bits per heavy atom. The van der Waals surface area contributed by atoms with E-state index in [4.69, 9.17) is 0 Å². The summed E-state index contributed by atoms with van der Waals surface area (Å²) in [5, 5.41) is 15.9. The number of nitrogens with one attached hydrogen (secondary N) is 1. The molecule has 3 rings (SSSR count). The van der Waals surface area contributed by atoms with Crippen molar-refractivity contribution in [3.8, 4) is 0 Å². The number of nitrogens with zero attached hydrogens (tertiary/aromatic N) is 3. The van der Waals surface area contributed by atoms with Crippen LogP contribution < -0.4 is 0 Å². The molecule has 1 aromatic carbocycles. The summed E-state index contributed by atoms with van der Waals surface area (Å²) < 4.78 is 1.83. The predicted octanol–water partition coefficient (Wildman–Crippen LogP) is 2.94. The Kier molecular flexibility index (Phi) is 4.06. The number of H-pyrrole nitrogens is 1. The van der Waals surface area contributed by atoms with Crippen LogP contribution in [0.1, 0.15) is 16.2 Å². The molecule has 2 aromatic heterocycles. The number of aromatic amines is 1. The Bertz CT molecular complexity index is 794. The molecule has 2 heterocycles. The largest absolute Gasteiger partial charge is 0.504 e. The number of aliphatic hydroxyl groups excluding tert-OH is 1. The van der Waals surface area contributed by atoms with E-state index >= 15 is 0 Å². The highest BCUT2D eigenvalue weighted by Crippen LogP contribution is 2.21. The Morgan fingerprint density at radius 2 is 2.09 bits per heavy atom. The van der Waals surface area contributed by atoms with E-state index in [2.05, 4.69) is 15.2 Å². The van der Waals surface area contributed by atoms with Crippen LogP contribution in [0.25, 0.3) is 5.76 Å². The lowest BCUT2D eigenvalue weighted by molar-refractivity contribution is 0.104. The number of allylic oxidation sites excluding steroid dienone is 1. The minimum Gasteiger partial charge on any atom is -0.504 e. The number of aromatic nitrogens is 4. The zero-order valence-electron chi connectivity index (χ0n) is 11.4. The number of hydrogen-bond acceptors (Lipinski definition) is 5. The molecule has 0 atom stereocenters. The second-order valence-electron chi connectivity index (χ2n) is 4.38. The maximum Gasteiger partial charge on any atom is 0.215 e. The minimum absolute atomic E-state index is 0.0893. The van der Waals surface area contributed by atoms with Gasteiger partial charge in [0, 0.05) is 28.9 Å². The summed E-state index contributed by atoms with van der Waals surface area (Å²) in [4.78, 5) is 16.9. The number of carbonyl (C=O) groups excluding carboxylic acids is 1. The first-order valence-corrected chi connectivity index (χ1v) is 7.22. The lowest BCUT2D eigenvalue weighted by atomic mass is 10.2. The van der Waals surface area contributed by atoms with Gasteiger partial charge in [0.25, 0.3) is 0 Å². The number of aliphatic hydroxyl groups is 1. The van der Waals surface area contributed by atoms with Crippen molar-refractivity contribution in [2.75, 3.05) is 0 Å². The van der Waals surface area contributed by atoms with Crippen molar-refractivity contribution in [1.82, 2.24) is 19.2 Å². The van der Waals surface area contributed by atoms with Crippen molar-refractivity contribution in [2.45, 2.75) is 4.90 Å². The van der Waals surface area contributed by atoms with E-state index in [0.29, 0.717) is 5.56 Å². The highest BCUT2D eigenvalue weighted by molar-refractivity contribution is 7.97. The predicted molar refractivity (Wildman–Crippen MR) is 83.4 cm³/mol. The molecule has 0 bridgehead atoms. The molecule has 0 aliphatic rings. The van der Waals surface area contributed by atoms with E-state index in [9.17, 15) is 9.90 Å². The smallest absolute Gasteiger partial charge is 0.215 e. The van der Waals surface area contributed by atoms with Crippen LogP contribution in [0.4, 0.5) is 0 Å². The molecule has 6 nitrogen and oxygen atoms in total. The van der Waals surface area contributed by atoms with Gasteiger partial charge in [0.05, 0.1) is 0 Å². The number of benzene rings is 1. The normalized spacial score (nSPS) is 11.5. The van der Waals surface area contributed by atoms with Crippen molar-refractivity contribution in [1.29, 1.82) is 0 Å². The summed E-state index contributed by atoms with van der Waals surface area (Å²) in [5.74, 6) is -0.490. The fourth-order valence-corrected chi connectivity index (χ4v) is 2.60. The van der Waals surface area contributed by atoms with Gasteiger partial charge in [0.2, 0.25) is 5.82 Å². The molecule has 2 N–H and O–H groups in total. The summed E-state index contributed by atoms with van der Waals surface area (Å²) in [5.41, 5.74) is 0.477. The van der Waals surface area contributed by atoms with E-state index in [1.165, 1.54) is 18.3 Å². The quantitative estimate of drug-likeness (QED) is 0.430. The van der Waals surface area contributed by atoms with Crippen LogP contribution in [-0.4, -0.2) is 30.0 Å². The van der Waals surface area contributed by atoms with Crippen molar-refractivity contribution in [2.24, 2.45) is 0 Å². The summed E-state index contributed by atoms with van der Waals surface area (Å²) >= 11 is 1.49. The molecular weight excluding hydrogens is 300 g/mol. The van der Waals surface area contributed by atoms with E-state index in [-0.39, 0.29) is 17.4 Å². The molecule has 0 aliphatic heterocycles. The monoisotopic (exact) mass is 312 g/mol. The molecule has 0 radical (unpaired) electrons. The van der Waals surface area contributed by atoms with Crippen LogP contribution in [0.15, 0.2) is 66.1 Å². The molecule has 0 spiro atoms. The van der Waals surface area contributed by atoms with E-state index < -0.39 is 0 Å². The van der Waals surface area contributed by atoms with Crippen molar-refractivity contribution >= 4 is 23.5 Å². The molecule has 0 saturated carbocycles. The Balaban J connectivity index is 1.73. The first-order chi connectivity index (χ1) is 10.7. The van der Waals surface area contributed by atoms with E-state index in [1.807, 2.05) is 34.3 Å². The fourth-order valence-electron chi connectivity index (χ4n) is 1.79. The molecule has 110 valence electrons. The maximum atomic E-state index is 12.1. The third-order valence-corrected chi connectivity index (χ3v) is 3.74. The van der Waals surface area contributed by atoms with Gasteiger partial charge in [-0.15, -0.1) is 0 Å². The molecule has 0 fully saturated rings. The summed E-state index contributed by atoms with van der Waals surface area (Å²) in [6.07, 6.45) is 5.94. The first-order valence-electron chi connectivity index (χ1n) is 6.45. The zero-order chi connectivity index (χ0) is 15.4. The Hall–Kier alpha value is -2.80. The highest BCUT2D eigenvalue weighted by atomic mass is 32.2. The van der Waals surface area contributed by atoms with Gasteiger partial charge in [-0.1, -0.05) is 18.2 Å². The molecule has 0 unspecified atom stereocenters. The fraction of sp³-hybridized carbons (Fsp3) is 0. The van der Waals surface area contributed by atoms with E-state index in [1.54, 1.807) is 18.5 Å². The number of ketones is 1. The minimum atomic E-state index is -0.310. The molecule has 22 heavy (non-hydrogen) atoms. The van der Waals surface area contributed by atoms with Crippen molar-refractivity contribution < 1.29 is 9.90 Å². The van der Waals surface area contributed by atoms with Gasteiger partial charge < -0.3 is 5.11 Å². The molecular formula is C15H12N4O2S. The second-order valence-corrected chi connectivity index (χ2v) is 5.46. The molecule has 3 aromatic rings. The highest BCUT2D eigenvalue weighted by Gasteiger charge is 2.10. The maximum absolute atomic E-state index is 12.1. The van der Waals surface area contributed by atoms with Crippen LogP contribution in [-0.2, 0) is 0 Å². The molecule has 0 aliphatic carbocycles. The van der Waals surface area contributed by atoms with Gasteiger partial charge in [0.1, 0.15) is 6.33 Å². The lowest BCUT2D eigenvalue weighted by Gasteiger charge is -2.00. The zero-order valence-corrected chi connectivity index (χ0v) is 12.2. The van der Waals surface area contributed by atoms with Crippen LogP contribution in [0.2, 0.25) is 0 Å². The number of carbonyl (C=O) groups is 1. The van der Waals surface area contributed by atoms with Gasteiger partial charge in [-0.3, -0.25) is 13.9 Å². The number of rotatable bonds is 5. The average molecular weight is 312 g/mol. The third kappa shape index (κ3) is 3.26. The SMILES string of the molecule is O=C(C=C(O)c1nc[nH]n1)c1ccn(Sc2ccccc2)c1. The van der Waals surface area contributed by atoms with Crippen LogP contribution in [0.3, 0.4) is 0 Å². The van der Waals surface area contributed by atoms with Gasteiger partial charge in [-0.2, -0.15) is 5.10 Å². The summed E-state index contributed by atoms with van der Waals surface area (Å²) in [7, 11) is 0. The van der Waals surface area contributed by atoms with Crippen LogP contribution in [0, 0.1) is 0 Å². The second kappa shape index (κ2) is 6.31. The molecule has 0 saturated heterocycles. The van der Waals surface area contributed by atoms with Gasteiger partial charge in [0.15, 0.2) is 11.5 Å². The van der Waals surface area contributed by atoms with Crippen LogP contribution >= 0.6 is 11.9 Å². The van der Waals surface area contributed by atoms with Gasteiger partial charge in [-0.05, 0) is 30.1 Å². The third-order valence-electron chi connectivity index (χ3n) is 2.82.